The van der Waals surface area contributed by atoms with Gasteiger partial charge in [0.25, 0.3) is 11.8 Å². The monoisotopic (exact) mass is 525 g/mol. The zero-order valence-electron chi connectivity index (χ0n) is 19.2. The van der Waals surface area contributed by atoms with E-state index in [1.807, 2.05) is 0 Å². The van der Waals surface area contributed by atoms with Gasteiger partial charge in [0.1, 0.15) is 22.2 Å². The van der Waals surface area contributed by atoms with Crippen molar-refractivity contribution < 1.29 is 41.7 Å². The van der Waals surface area contributed by atoms with Crippen molar-refractivity contribution >= 4 is 23.2 Å². The molecular weight excluding hydrogens is 503 g/mol. The van der Waals surface area contributed by atoms with Gasteiger partial charge in [-0.25, -0.2) is 4.98 Å². The van der Waals surface area contributed by atoms with Gasteiger partial charge in [0.2, 0.25) is 0 Å². The van der Waals surface area contributed by atoms with Crippen molar-refractivity contribution in [1.29, 1.82) is 0 Å². The van der Waals surface area contributed by atoms with Crippen molar-refractivity contribution in [2.75, 3.05) is 20.8 Å². The van der Waals surface area contributed by atoms with Crippen molar-refractivity contribution in [1.82, 2.24) is 15.6 Å². The molecule has 36 heavy (non-hydrogen) atoms. The number of ether oxygens (including phenoxy) is 4. The second-order valence-electron chi connectivity index (χ2n) is 7.05. The first-order valence-electron chi connectivity index (χ1n) is 10.4. The quantitative estimate of drug-likeness (QED) is 0.393. The number of hydrogen-bond acceptors (Lipinski definition) is 8. The summed E-state index contributed by atoms with van der Waals surface area (Å²) in [7, 11) is 3.04. The van der Waals surface area contributed by atoms with Gasteiger partial charge in [-0.1, -0.05) is 12.1 Å². The molecule has 0 aliphatic heterocycles. The van der Waals surface area contributed by atoms with Gasteiger partial charge in [-0.2, -0.15) is 0 Å². The molecule has 3 rings (SSSR count). The minimum Gasteiger partial charge on any atom is -0.493 e. The summed E-state index contributed by atoms with van der Waals surface area (Å²) in [6, 6.07) is 9.99. The molecule has 0 saturated heterocycles. The maximum Gasteiger partial charge on any atom is 0.573 e. The summed E-state index contributed by atoms with van der Waals surface area (Å²) < 4.78 is 56.2. The Morgan fingerprint density at radius 2 is 1.69 bits per heavy atom. The average molecular weight is 526 g/mol. The molecule has 0 atom stereocenters. The highest BCUT2D eigenvalue weighted by molar-refractivity contribution is 7.09. The molecule has 9 nitrogen and oxygen atoms in total. The summed E-state index contributed by atoms with van der Waals surface area (Å²) in [5.74, 6) is 0.000181. The first-order chi connectivity index (χ1) is 17.2. The average Bonchev–Trinajstić information content (AvgIpc) is 3.33. The highest BCUT2D eigenvalue weighted by atomic mass is 32.1. The number of nitrogens with one attached hydrogen (secondary N) is 2. The number of carbonyl (C=O) groups excluding carboxylic acids is 2. The topological polar surface area (TPSA) is 108 Å². The van der Waals surface area contributed by atoms with E-state index in [9.17, 15) is 22.8 Å². The SMILES string of the molecule is COc1cccc(CNC(=O)c2csc(CNC(=O)COc3ccc(OC(F)(F)F)cc3)n2)c1OC. The predicted molar refractivity (Wildman–Crippen MR) is 123 cm³/mol. The van der Waals surface area contributed by atoms with Crippen molar-refractivity contribution in [2.24, 2.45) is 0 Å². The molecule has 2 amide bonds. The lowest BCUT2D eigenvalue weighted by Crippen LogP contribution is -2.28. The molecule has 1 heterocycles. The van der Waals surface area contributed by atoms with Crippen LogP contribution >= 0.6 is 11.3 Å². The number of nitrogens with zero attached hydrogens (tertiary/aromatic N) is 1. The molecule has 0 unspecified atom stereocenters. The first kappa shape index (κ1) is 26.6. The van der Waals surface area contributed by atoms with Crippen LogP contribution in [0.3, 0.4) is 0 Å². The molecule has 192 valence electrons. The van der Waals surface area contributed by atoms with Crippen LogP contribution in [0, 0.1) is 0 Å². The van der Waals surface area contributed by atoms with Crippen LogP contribution in [0.15, 0.2) is 47.8 Å². The minimum absolute atomic E-state index is 0.0716. The third-order valence-corrected chi connectivity index (χ3v) is 5.42. The van der Waals surface area contributed by atoms with E-state index in [0.29, 0.717) is 16.5 Å². The highest BCUT2D eigenvalue weighted by Gasteiger charge is 2.31. The summed E-state index contributed by atoms with van der Waals surface area (Å²) in [6.45, 7) is -0.0910. The Morgan fingerprint density at radius 3 is 2.36 bits per heavy atom. The fourth-order valence-corrected chi connectivity index (χ4v) is 3.68. The van der Waals surface area contributed by atoms with Gasteiger partial charge in [-0.05, 0) is 30.3 Å². The third kappa shape index (κ3) is 7.77. The molecule has 1 aromatic heterocycles. The Kier molecular flexibility index (Phi) is 8.95. The van der Waals surface area contributed by atoms with Gasteiger partial charge in [-0.3, -0.25) is 9.59 Å². The number of carbonyl (C=O) groups is 2. The minimum atomic E-state index is -4.79. The first-order valence-corrected chi connectivity index (χ1v) is 11.2. The predicted octanol–water partition coefficient (Wildman–Crippen LogP) is 3.68. The van der Waals surface area contributed by atoms with Crippen LogP contribution in [-0.2, 0) is 17.9 Å². The standard InChI is InChI=1S/C23H22F3N3O6S/c1-32-18-5-3-4-14(21(18)33-2)10-28-22(31)17-13-36-20(29-17)11-27-19(30)12-34-15-6-8-16(9-7-15)35-23(24,25)26/h3-9,13H,10-12H2,1-2H3,(H,27,30)(H,28,31). The van der Waals surface area contributed by atoms with E-state index in [1.165, 1.54) is 37.7 Å². The van der Waals surface area contributed by atoms with Crippen LogP contribution in [0.25, 0.3) is 0 Å². The molecule has 13 heteroatoms. The van der Waals surface area contributed by atoms with Gasteiger partial charge in [0.15, 0.2) is 18.1 Å². The number of rotatable bonds is 11. The maximum atomic E-state index is 12.5. The summed E-state index contributed by atoms with van der Waals surface area (Å²) in [6.07, 6.45) is -4.79. The molecule has 0 saturated carbocycles. The van der Waals surface area contributed by atoms with Crippen molar-refractivity contribution in [3.63, 3.8) is 0 Å². The van der Waals surface area contributed by atoms with E-state index >= 15 is 0 Å². The molecule has 0 aliphatic rings. The fraction of sp³-hybridized carbons (Fsp3) is 0.261. The summed E-state index contributed by atoms with van der Waals surface area (Å²) in [5.41, 5.74) is 0.930. The van der Waals surface area contributed by atoms with E-state index in [-0.39, 0.29) is 31.1 Å². The Bertz CT molecular complexity index is 1180. The molecule has 2 aromatic carbocycles. The molecule has 0 fully saturated rings. The number of aromatic nitrogens is 1. The highest BCUT2D eigenvalue weighted by Crippen LogP contribution is 2.30. The van der Waals surface area contributed by atoms with Gasteiger partial charge >= 0.3 is 6.36 Å². The van der Waals surface area contributed by atoms with Crippen LogP contribution in [-0.4, -0.2) is 44.0 Å². The Balaban J connectivity index is 1.44. The van der Waals surface area contributed by atoms with Crippen LogP contribution in [0.1, 0.15) is 21.1 Å². The van der Waals surface area contributed by atoms with E-state index in [4.69, 9.17) is 14.2 Å². The summed E-state index contributed by atoms with van der Waals surface area (Å²) in [4.78, 5) is 28.7. The van der Waals surface area contributed by atoms with Crippen LogP contribution < -0.4 is 29.6 Å². The second kappa shape index (κ2) is 12.1. The number of amides is 2. The summed E-state index contributed by atoms with van der Waals surface area (Å²) >= 11 is 1.20. The van der Waals surface area contributed by atoms with Crippen molar-refractivity contribution in [2.45, 2.75) is 19.5 Å². The lowest BCUT2D eigenvalue weighted by Gasteiger charge is -2.12. The number of hydrogen-bond donors (Lipinski definition) is 2. The smallest absolute Gasteiger partial charge is 0.493 e. The number of halogens is 3. The lowest BCUT2D eigenvalue weighted by molar-refractivity contribution is -0.274. The van der Waals surface area contributed by atoms with Crippen molar-refractivity contribution in [3.8, 4) is 23.0 Å². The normalized spacial score (nSPS) is 10.9. The Morgan fingerprint density at radius 1 is 0.972 bits per heavy atom. The van der Waals surface area contributed by atoms with Crippen LogP contribution in [0.4, 0.5) is 13.2 Å². The van der Waals surface area contributed by atoms with Crippen LogP contribution in [0.5, 0.6) is 23.0 Å². The molecule has 0 spiro atoms. The molecule has 0 aliphatic carbocycles. The van der Waals surface area contributed by atoms with E-state index in [1.54, 1.807) is 23.6 Å². The molecular formula is C23H22F3N3O6S. The van der Waals surface area contributed by atoms with Crippen LogP contribution in [0.2, 0.25) is 0 Å². The fourth-order valence-electron chi connectivity index (χ4n) is 2.97. The Hall–Kier alpha value is -4.00. The van der Waals surface area contributed by atoms with Gasteiger partial charge in [0, 0.05) is 17.5 Å². The van der Waals surface area contributed by atoms with Gasteiger partial charge in [-0.15, -0.1) is 24.5 Å². The molecule has 0 radical (unpaired) electrons. The number of para-hydroxylation sites is 1. The van der Waals surface area contributed by atoms with E-state index in [2.05, 4.69) is 20.4 Å². The second-order valence-corrected chi connectivity index (χ2v) is 7.99. The number of alkyl halides is 3. The van der Waals surface area contributed by atoms with E-state index < -0.39 is 23.9 Å². The third-order valence-electron chi connectivity index (χ3n) is 4.57. The number of benzene rings is 2. The zero-order valence-corrected chi connectivity index (χ0v) is 20.0. The van der Waals surface area contributed by atoms with Gasteiger partial charge in [0.05, 0.1) is 20.8 Å². The zero-order chi connectivity index (χ0) is 26.1. The summed E-state index contributed by atoms with van der Waals surface area (Å²) in [5, 5.41) is 7.43. The Labute approximate surface area is 208 Å². The molecule has 0 bridgehead atoms. The molecule has 2 N–H and O–H groups in total. The lowest BCUT2D eigenvalue weighted by atomic mass is 10.2. The molecule has 3 aromatic rings. The largest absolute Gasteiger partial charge is 0.573 e. The van der Waals surface area contributed by atoms with Crippen molar-refractivity contribution in [3.05, 3.63) is 64.1 Å². The number of thiazole rings is 1. The van der Waals surface area contributed by atoms with E-state index in [0.717, 1.165) is 17.7 Å². The number of methoxy groups -OCH3 is 2. The van der Waals surface area contributed by atoms with Gasteiger partial charge < -0.3 is 29.6 Å². The maximum absolute atomic E-state index is 12.5.